The fourth-order valence-electron chi connectivity index (χ4n) is 8.75. The molecule has 0 unspecified atom stereocenters. The SMILES string of the molecule is c1ccc2c(c1)Oc1cc(-c3cc4ccc5cc(-c6ccc7c8c(cccc68)Oc6ccccc6-7)cc6ccc(c3)c4c56)cc3cccc-2c13. The molecule has 0 fully saturated rings. The summed E-state index contributed by atoms with van der Waals surface area (Å²) >= 11 is 0. The van der Waals surface area contributed by atoms with Crippen molar-refractivity contribution in [1.29, 1.82) is 0 Å². The molecule has 0 saturated carbocycles. The average molecular weight is 635 g/mol. The van der Waals surface area contributed by atoms with E-state index in [0.717, 1.165) is 39.7 Å². The first-order chi connectivity index (χ1) is 24.7. The lowest BCUT2D eigenvalue weighted by molar-refractivity contribution is 0.487. The predicted octanol–water partition coefficient (Wildman–Crippen LogP) is 13.8. The molecule has 0 bridgehead atoms. The third-order valence-corrected chi connectivity index (χ3v) is 10.9. The van der Waals surface area contributed by atoms with Crippen LogP contribution in [0.3, 0.4) is 0 Å². The summed E-state index contributed by atoms with van der Waals surface area (Å²) in [6.07, 6.45) is 0. The Morgan fingerprint density at radius 2 is 0.740 bits per heavy atom. The number of ether oxygens (including phenoxy) is 2. The molecular weight excluding hydrogens is 609 g/mol. The van der Waals surface area contributed by atoms with Gasteiger partial charge in [0.25, 0.3) is 0 Å². The molecule has 2 heterocycles. The van der Waals surface area contributed by atoms with Gasteiger partial charge in [-0.2, -0.15) is 0 Å². The van der Waals surface area contributed by atoms with Gasteiger partial charge in [0.1, 0.15) is 23.0 Å². The Hall–Kier alpha value is -6.64. The molecule has 12 rings (SSSR count). The van der Waals surface area contributed by atoms with Crippen molar-refractivity contribution < 1.29 is 9.47 Å². The van der Waals surface area contributed by atoms with Crippen molar-refractivity contribution in [2.75, 3.05) is 0 Å². The van der Waals surface area contributed by atoms with Crippen LogP contribution in [0.1, 0.15) is 0 Å². The van der Waals surface area contributed by atoms with E-state index in [4.69, 9.17) is 9.47 Å². The quantitative estimate of drug-likeness (QED) is 0.176. The van der Waals surface area contributed by atoms with Crippen molar-refractivity contribution in [1.82, 2.24) is 0 Å². The second kappa shape index (κ2) is 9.49. The van der Waals surface area contributed by atoms with E-state index in [0.29, 0.717) is 0 Å². The van der Waals surface area contributed by atoms with Crippen LogP contribution in [0.5, 0.6) is 23.0 Å². The summed E-state index contributed by atoms with van der Waals surface area (Å²) in [5.41, 5.74) is 9.52. The average Bonchev–Trinajstić information content (AvgIpc) is 3.17. The van der Waals surface area contributed by atoms with E-state index in [2.05, 4.69) is 140 Å². The normalized spacial score (nSPS) is 12.7. The molecule has 0 aromatic heterocycles. The molecule has 230 valence electrons. The Morgan fingerprint density at radius 1 is 0.260 bits per heavy atom. The number of hydrogen-bond acceptors (Lipinski definition) is 2. The molecule has 0 radical (unpaired) electrons. The highest BCUT2D eigenvalue weighted by atomic mass is 16.5. The molecule has 0 spiro atoms. The van der Waals surface area contributed by atoms with E-state index < -0.39 is 0 Å². The van der Waals surface area contributed by atoms with E-state index in [1.165, 1.54) is 81.7 Å². The first-order valence-electron chi connectivity index (χ1n) is 17.2. The second-order valence-corrected chi connectivity index (χ2v) is 13.6. The third-order valence-electron chi connectivity index (χ3n) is 10.9. The van der Waals surface area contributed by atoms with Crippen LogP contribution in [0.15, 0.2) is 158 Å². The maximum atomic E-state index is 6.51. The van der Waals surface area contributed by atoms with Gasteiger partial charge in [0.15, 0.2) is 0 Å². The summed E-state index contributed by atoms with van der Waals surface area (Å²) in [6, 6.07) is 57.2. The highest BCUT2D eigenvalue weighted by molar-refractivity contribution is 6.25. The number of fused-ring (bicyclic) bond motifs is 4. The summed E-state index contributed by atoms with van der Waals surface area (Å²) in [5, 5.41) is 12.4. The molecule has 0 atom stereocenters. The minimum atomic E-state index is 0.908. The van der Waals surface area contributed by atoms with E-state index in [1.807, 2.05) is 18.2 Å². The highest BCUT2D eigenvalue weighted by Crippen LogP contribution is 2.50. The van der Waals surface area contributed by atoms with Gasteiger partial charge in [-0.3, -0.25) is 0 Å². The fraction of sp³-hybridized carbons (Fsp3) is 0. The highest BCUT2D eigenvalue weighted by Gasteiger charge is 2.23. The summed E-state index contributed by atoms with van der Waals surface area (Å²) in [7, 11) is 0. The topological polar surface area (TPSA) is 18.5 Å². The van der Waals surface area contributed by atoms with Crippen molar-refractivity contribution >= 4 is 53.9 Å². The molecule has 0 N–H and O–H groups in total. The number of rotatable bonds is 2. The number of para-hydroxylation sites is 2. The molecule has 0 saturated heterocycles. The van der Waals surface area contributed by atoms with Gasteiger partial charge in [-0.15, -0.1) is 0 Å². The van der Waals surface area contributed by atoms with E-state index in [-0.39, 0.29) is 0 Å². The van der Waals surface area contributed by atoms with Gasteiger partial charge in [0.2, 0.25) is 0 Å². The van der Waals surface area contributed by atoms with Gasteiger partial charge in [-0.1, -0.05) is 103 Å². The van der Waals surface area contributed by atoms with Crippen molar-refractivity contribution in [3.8, 4) is 67.5 Å². The summed E-state index contributed by atoms with van der Waals surface area (Å²) < 4.78 is 12.9. The second-order valence-electron chi connectivity index (χ2n) is 13.6. The number of benzene rings is 10. The van der Waals surface area contributed by atoms with Gasteiger partial charge in [0.05, 0.1) is 0 Å². The zero-order valence-electron chi connectivity index (χ0n) is 26.8. The Bertz CT molecular complexity index is 3030. The van der Waals surface area contributed by atoms with Crippen molar-refractivity contribution in [3.63, 3.8) is 0 Å². The molecule has 2 aliphatic rings. The standard InChI is InChI=1S/C48H26O2/c1-4-13-42-36(8-1)39-10-5-7-27-21-33(26-44(50-42)47(27)39)32-22-28-15-17-30-24-34(25-31-18-16-29(23-32)45(28)46(30)31)35-19-20-40-37-9-2-3-12-41(37)49-43-14-6-11-38(35)48(40)43/h1-26H. The van der Waals surface area contributed by atoms with Crippen LogP contribution in [-0.2, 0) is 0 Å². The first kappa shape index (κ1) is 26.3. The maximum Gasteiger partial charge on any atom is 0.136 e. The molecule has 2 aliphatic heterocycles. The largest absolute Gasteiger partial charge is 0.456 e. The molecule has 10 aromatic carbocycles. The van der Waals surface area contributed by atoms with Crippen molar-refractivity contribution in [2.24, 2.45) is 0 Å². The molecule has 0 amide bonds. The third kappa shape index (κ3) is 3.52. The maximum absolute atomic E-state index is 6.51. The summed E-state index contributed by atoms with van der Waals surface area (Å²) in [4.78, 5) is 0. The summed E-state index contributed by atoms with van der Waals surface area (Å²) in [6.45, 7) is 0. The van der Waals surface area contributed by atoms with Crippen LogP contribution >= 0.6 is 0 Å². The first-order valence-corrected chi connectivity index (χ1v) is 17.2. The Labute approximate surface area is 287 Å². The van der Waals surface area contributed by atoms with Crippen LogP contribution in [0, 0.1) is 0 Å². The minimum absolute atomic E-state index is 0.908. The molecular formula is C48H26O2. The van der Waals surface area contributed by atoms with E-state index in [9.17, 15) is 0 Å². The van der Waals surface area contributed by atoms with Gasteiger partial charge < -0.3 is 9.47 Å². The van der Waals surface area contributed by atoms with E-state index in [1.54, 1.807) is 0 Å². The smallest absolute Gasteiger partial charge is 0.136 e. The monoisotopic (exact) mass is 634 g/mol. The van der Waals surface area contributed by atoms with Crippen LogP contribution in [0.25, 0.3) is 98.4 Å². The summed E-state index contributed by atoms with van der Waals surface area (Å²) in [5.74, 6) is 3.65. The van der Waals surface area contributed by atoms with Gasteiger partial charge >= 0.3 is 0 Å². The molecule has 50 heavy (non-hydrogen) atoms. The zero-order chi connectivity index (χ0) is 32.5. The zero-order valence-corrected chi connectivity index (χ0v) is 26.8. The minimum Gasteiger partial charge on any atom is -0.456 e. The molecule has 2 heteroatoms. The fourth-order valence-corrected chi connectivity index (χ4v) is 8.75. The lowest BCUT2D eigenvalue weighted by Crippen LogP contribution is -1.97. The van der Waals surface area contributed by atoms with Crippen molar-refractivity contribution in [3.05, 3.63) is 158 Å². The molecule has 10 aromatic rings. The lowest BCUT2D eigenvalue weighted by Gasteiger charge is -2.23. The Kier molecular flexibility index (Phi) is 5.00. The van der Waals surface area contributed by atoms with E-state index >= 15 is 0 Å². The van der Waals surface area contributed by atoms with Gasteiger partial charge in [0, 0.05) is 21.9 Å². The molecule has 2 nitrogen and oxygen atoms in total. The van der Waals surface area contributed by atoms with Crippen LogP contribution < -0.4 is 9.47 Å². The van der Waals surface area contributed by atoms with Crippen LogP contribution in [0.2, 0.25) is 0 Å². The Balaban J connectivity index is 1.02. The van der Waals surface area contributed by atoms with Gasteiger partial charge in [-0.25, -0.2) is 0 Å². The molecule has 0 aliphatic carbocycles. The van der Waals surface area contributed by atoms with Crippen LogP contribution in [0.4, 0.5) is 0 Å². The lowest BCUT2D eigenvalue weighted by atomic mass is 9.86. The predicted molar refractivity (Wildman–Crippen MR) is 207 cm³/mol. The Morgan fingerprint density at radius 3 is 1.42 bits per heavy atom. The van der Waals surface area contributed by atoms with Crippen LogP contribution in [-0.4, -0.2) is 0 Å². The van der Waals surface area contributed by atoms with Gasteiger partial charge in [-0.05, 0) is 131 Å². The van der Waals surface area contributed by atoms with Crippen molar-refractivity contribution in [2.45, 2.75) is 0 Å². The number of hydrogen-bond donors (Lipinski definition) is 0.